The highest BCUT2D eigenvalue weighted by molar-refractivity contribution is 9.10. The lowest BCUT2D eigenvalue weighted by Gasteiger charge is -2.21. The third-order valence-corrected chi connectivity index (χ3v) is 4.49. The summed E-state index contributed by atoms with van der Waals surface area (Å²) in [5.74, 6) is 0. The summed E-state index contributed by atoms with van der Waals surface area (Å²) in [5.41, 5.74) is 2.58. The zero-order valence-corrected chi connectivity index (χ0v) is 14.2. The van der Waals surface area contributed by atoms with Gasteiger partial charge in [0.1, 0.15) is 0 Å². The van der Waals surface area contributed by atoms with E-state index in [-0.39, 0.29) is 0 Å². The van der Waals surface area contributed by atoms with Crippen LogP contribution in [-0.4, -0.2) is 0 Å². The van der Waals surface area contributed by atoms with Crippen LogP contribution in [0.5, 0.6) is 0 Å². The van der Waals surface area contributed by atoms with E-state index in [0.717, 1.165) is 8.95 Å². The molecule has 2 rings (SSSR count). The molecule has 100 valence electrons. The van der Waals surface area contributed by atoms with Crippen LogP contribution in [0.2, 0.25) is 0 Å². The van der Waals surface area contributed by atoms with E-state index < -0.39 is 0 Å². The minimum absolute atomic E-state index is 0.300. The highest BCUT2D eigenvalue weighted by Crippen LogP contribution is 2.25. The van der Waals surface area contributed by atoms with Crippen LogP contribution in [0.3, 0.4) is 0 Å². The summed E-state index contributed by atoms with van der Waals surface area (Å²) in [7, 11) is 0. The zero-order valence-electron chi connectivity index (χ0n) is 11.0. The van der Waals surface area contributed by atoms with Crippen LogP contribution < -0.4 is 5.32 Å². The molecule has 0 fully saturated rings. The molecule has 0 spiro atoms. The van der Waals surface area contributed by atoms with E-state index in [1.165, 1.54) is 11.1 Å². The second kappa shape index (κ2) is 6.69. The Morgan fingerprint density at radius 1 is 0.842 bits per heavy atom. The Hall–Kier alpha value is -0.640. The molecule has 0 aliphatic carbocycles. The van der Waals surface area contributed by atoms with Gasteiger partial charge in [0.05, 0.1) is 0 Å². The average molecular weight is 383 g/mol. The van der Waals surface area contributed by atoms with Crippen molar-refractivity contribution in [3.05, 3.63) is 68.6 Å². The molecule has 1 unspecified atom stereocenters. The minimum Gasteiger partial charge on any atom is -0.304 e. The van der Waals surface area contributed by atoms with Crippen molar-refractivity contribution in [1.29, 1.82) is 0 Å². The van der Waals surface area contributed by atoms with Gasteiger partial charge in [0.25, 0.3) is 0 Å². The van der Waals surface area contributed by atoms with Crippen LogP contribution in [-0.2, 0) is 0 Å². The predicted octanol–water partition coefficient (Wildman–Crippen LogP) is 5.62. The molecule has 2 aromatic rings. The van der Waals surface area contributed by atoms with Crippen molar-refractivity contribution in [2.45, 2.75) is 25.9 Å². The lowest BCUT2D eigenvalue weighted by Crippen LogP contribution is -2.22. The minimum atomic E-state index is 0.300. The molecule has 0 amide bonds. The number of halogens is 2. The van der Waals surface area contributed by atoms with Crippen LogP contribution in [0, 0.1) is 0 Å². The van der Waals surface area contributed by atoms with E-state index in [4.69, 9.17) is 0 Å². The first-order valence-electron chi connectivity index (χ1n) is 6.34. The Morgan fingerprint density at radius 3 is 2.11 bits per heavy atom. The highest BCUT2D eigenvalue weighted by Gasteiger charge is 2.12. The molecule has 0 saturated heterocycles. The van der Waals surface area contributed by atoms with Gasteiger partial charge in [-0.2, -0.15) is 0 Å². The largest absolute Gasteiger partial charge is 0.304 e. The zero-order chi connectivity index (χ0) is 13.8. The van der Waals surface area contributed by atoms with Gasteiger partial charge in [0.2, 0.25) is 0 Å². The van der Waals surface area contributed by atoms with E-state index in [9.17, 15) is 0 Å². The van der Waals surface area contributed by atoms with E-state index in [0.29, 0.717) is 12.1 Å². The quantitative estimate of drug-likeness (QED) is 0.723. The maximum atomic E-state index is 3.63. The van der Waals surface area contributed by atoms with Gasteiger partial charge in [-0.3, -0.25) is 0 Å². The number of hydrogen-bond acceptors (Lipinski definition) is 1. The van der Waals surface area contributed by atoms with Crippen molar-refractivity contribution in [2.24, 2.45) is 0 Å². The van der Waals surface area contributed by atoms with Crippen molar-refractivity contribution in [2.75, 3.05) is 0 Å². The Morgan fingerprint density at radius 2 is 1.47 bits per heavy atom. The number of rotatable bonds is 4. The molecule has 1 nitrogen and oxygen atoms in total. The molecule has 19 heavy (non-hydrogen) atoms. The first-order valence-corrected chi connectivity index (χ1v) is 7.92. The fraction of sp³-hybridized carbons (Fsp3) is 0.250. The molecule has 0 aliphatic heterocycles. The maximum Gasteiger partial charge on any atom is 0.0308 e. The second-order valence-corrected chi connectivity index (χ2v) is 6.45. The molecule has 2 aromatic carbocycles. The van der Waals surface area contributed by atoms with E-state index in [2.05, 4.69) is 93.5 Å². The Labute approximate surface area is 131 Å². The second-order valence-electron chi connectivity index (χ2n) is 4.68. The topological polar surface area (TPSA) is 12.0 Å². The van der Waals surface area contributed by atoms with Gasteiger partial charge in [-0.1, -0.05) is 62.2 Å². The molecular weight excluding hydrogens is 366 g/mol. The van der Waals surface area contributed by atoms with Crippen molar-refractivity contribution in [1.82, 2.24) is 5.32 Å². The molecule has 0 aliphatic rings. The third kappa shape index (κ3) is 3.91. The Balaban J connectivity index is 2.08. The smallest absolute Gasteiger partial charge is 0.0308 e. The normalized spacial score (nSPS) is 14.1. The number of benzene rings is 2. The highest BCUT2D eigenvalue weighted by atomic mass is 79.9. The van der Waals surface area contributed by atoms with Crippen LogP contribution >= 0.6 is 31.9 Å². The van der Waals surface area contributed by atoms with Gasteiger partial charge in [0, 0.05) is 21.0 Å². The van der Waals surface area contributed by atoms with Gasteiger partial charge in [-0.25, -0.2) is 0 Å². The predicted molar refractivity (Wildman–Crippen MR) is 88.2 cm³/mol. The van der Waals surface area contributed by atoms with Gasteiger partial charge in [0.15, 0.2) is 0 Å². The van der Waals surface area contributed by atoms with Crippen molar-refractivity contribution < 1.29 is 0 Å². The van der Waals surface area contributed by atoms with E-state index >= 15 is 0 Å². The SMILES string of the molecule is CC(N[C@@H](C)c1ccccc1Br)c1ccc(Br)cc1. The summed E-state index contributed by atoms with van der Waals surface area (Å²) in [6.07, 6.45) is 0. The summed E-state index contributed by atoms with van der Waals surface area (Å²) in [6.45, 7) is 4.38. The summed E-state index contributed by atoms with van der Waals surface area (Å²) in [5, 5.41) is 3.63. The fourth-order valence-electron chi connectivity index (χ4n) is 2.14. The summed E-state index contributed by atoms with van der Waals surface area (Å²) in [6, 6.07) is 17.4. The first-order chi connectivity index (χ1) is 9.08. The monoisotopic (exact) mass is 381 g/mol. The lowest BCUT2D eigenvalue weighted by atomic mass is 10.0. The molecule has 0 radical (unpaired) electrons. The van der Waals surface area contributed by atoms with Crippen molar-refractivity contribution in [3.8, 4) is 0 Å². The van der Waals surface area contributed by atoms with Crippen LogP contribution in [0.4, 0.5) is 0 Å². The van der Waals surface area contributed by atoms with Gasteiger partial charge in [-0.15, -0.1) is 0 Å². The van der Waals surface area contributed by atoms with Gasteiger partial charge >= 0.3 is 0 Å². The van der Waals surface area contributed by atoms with E-state index in [1.807, 2.05) is 6.07 Å². The first kappa shape index (κ1) is 14.8. The Bertz CT molecular complexity index is 537. The van der Waals surface area contributed by atoms with Gasteiger partial charge in [-0.05, 0) is 43.2 Å². The molecule has 0 saturated carbocycles. The fourth-order valence-corrected chi connectivity index (χ4v) is 3.03. The van der Waals surface area contributed by atoms with Crippen LogP contribution in [0.1, 0.15) is 37.1 Å². The van der Waals surface area contributed by atoms with Crippen molar-refractivity contribution in [3.63, 3.8) is 0 Å². The Kier molecular flexibility index (Phi) is 5.20. The number of hydrogen-bond donors (Lipinski definition) is 1. The number of nitrogens with one attached hydrogen (secondary N) is 1. The van der Waals surface area contributed by atoms with Crippen LogP contribution in [0.25, 0.3) is 0 Å². The molecule has 3 heteroatoms. The lowest BCUT2D eigenvalue weighted by molar-refractivity contribution is 0.493. The van der Waals surface area contributed by atoms with E-state index in [1.54, 1.807) is 0 Å². The summed E-state index contributed by atoms with van der Waals surface area (Å²) in [4.78, 5) is 0. The average Bonchev–Trinajstić information content (AvgIpc) is 2.39. The van der Waals surface area contributed by atoms with Gasteiger partial charge < -0.3 is 5.32 Å². The molecule has 0 heterocycles. The summed E-state index contributed by atoms with van der Waals surface area (Å²) < 4.78 is 2.26. The molecule has 0 aromatic heterocycles. The van der Waals surface area contributed by atoms with Crippen molar-refractivity contribution >= 4 is 31.9 Å². The standard InChI is InChI=1S/C16H17Br2N/c1-11(13-7-9-14(17)10-8-13)19-12(2)15-5-3-4-6-16(15)18/h3-12,19H,1-2H3/t11?,12-/m0/s1. The molecule has 1 N–H and O–H groups in total. The van der Waals surface area contributed by atoms with Crippen LogP contribution in [0.15, 0.2) is 57.5 Å². The molecular formula is C16H17Br2N. The third-order valence-electron chi connectivity index (χ3n) is 3.24. The maximum absolute atomic E-state index is 3.63. The molecule has 0 bridgehead atoms. The summed E-state index contributed by atoms with van der Waals surface area (Å²) >= 11 is 7.07. The molecule has 2 atom stereocenters.